The van der Waals surface area contributed by atoms with Crippen LogP contribution in [0.1, 0.15) is 32.4 Å². The van der Waals surface area contributed by atoms with E-state index in [9.17, 15) is 14.7 Å². The minimum atomic E-state index is -1.52. The van der Waals surface area contributed by atoms with Gasteiger partial charge in [0.2, 0.25) is 0 Å². The van der Waals surface area contributed by atoms with Crippen LogP contribution in [0.4, 0.5) is 4.79 Å². The number of carbonyl (C=O) groups excluding carboxylic acids is 2. The molecule has 0 fully saturated rings. The summed E-state index contributed by atoms with van der Waals surface area (Å²) in [6, 6.07) is 7.70. The summed E-state index contributed by atoms with van der Waals surface area (Å²) < 4.78 is 9.66. The lowest BCUT2D eigenvalue weighted by Gasteiger charge is -2.25. The molecule has 1 aromatic carbocycles. The molecule has 1 amide bonds. The van der Waals surface area contributed by atoms with Crippen LogP contribution >= 0.6 is 0 Å². The Bertz CT molecular complexity index is 481. The number of amides is 1. The molecule has 0 saturated heterocycles. The average molecular weight is 295 g/mol. The van der Waals surface area contributed by atoms with Crippen molar-refractivity contribution < 1.29 is 24.2 Å². The van der Waals surface area contributed by atoms with Gasteiger partial charge in [0, 0.05) is 0 Å². The van der Waals surface area contributed by atoms with Crippen molar-refractivity contribution in [1.29, 1.82) is 0 Å². The first-order valence-electron chi connectivity index (χ1n) is 6.55. The van der Waals surface area contributed by atoms with E-state index in [1.165, 1.54) is 7.11 Å². The molecule has 6 heteroatoms. The Morgan fingerprint density at radius 3 is 2.24 bits per heavy atom. The van der Waals surface area contributed by atoms with Crippen LogP contribution in [0.5, 0.6) is 0 Å². The van der Waals surface area contributed by atoms with Gasteiger partial charge in [-0.15, -0.1) is 0 Å². The Balaban J connectivity index is 2.93. The van der Waals surface area contributed by atoms with Gasteiger partial charge in [0.25, 0.3) is 0 Å². The number of aliphatic hydroxyl groups is 1. The van der Waals surface area contributed by atoms with Gasteiger partial charge in [-0.05, 0) is 26.3 Å². The standard InChI is InChI=1S/C15H21NO5/c1-15(2,3)21-14(19)16-11(12(17)13(18)20-4)10-8-6-5-7-9-10/h5-9,11-12,17H,1-4H3,(H,16,19). The van der Waals surface area contributed by atoms with Crippen LogP contribution in [-0.4, -0.2) is 36.0 Å². The Kier molecular flexibility index (Phi) is 5.72. The Labute approximate surface area is 124 Å². The van der Waals surface area contributed by atoms with Gasteiger partial charge in [-0.25, -0.2) is 9.59 Å². The van der Waals surface area contributed by atoms with Crippen molar-refractivity contribution in [3.8, 4) is 0 Å². The lowest BCUT2D eigenvalue weighted by atomic mass is 10.0. The fourth-order valence-electron chi connectivity index (χ4n) is 1.70. The molecule has 0 aliphatic carbocycles. The maximum absolute atomic E-state index is 11.9. The molecule has 2 atom stereocenters. The molecule has 1 aromatic rings. The number of rotatable bonds is 4. The molecule has 0 bridgehead atoms. The normalized spacial score (nSPS) is 14.0. The summed E-state index contributed by atoms with van der Waals surface area (Å²) in [5.41, 5.74) is -0.108. The maximum atomic E-state index is 11.9. The van der Waals surface area contributed by atoms with Crippen molar-refractivity contribution in [1.82, 2.24) is 5.32 Å². The summed E-state index contributed by atoms with van der Waals surface area (Å²) in [6.45, 7) is 5.17. The summed E-state index contributed by atoms with van der Waals surface area (Å²) in [5, 5.41) is 12.5. The third-order valence-electron chi connectivity index (χ3n) is 2.59. The number of alkyl carbamates (subject to hydrolysis) is 1. The summed E-state index contributed by atoms with van der Waals surface area (Å²) in [6.07, 6.45) is -2.25. The molecule has 0 heterocycles. The van der Waals surface area contributed by atoms with Crippen LogP contribution in [0.25, 0.3) is 0 Å². The van der Waals surface area contributed by atoms with Crippen molar-refractivity contribution in [2.45, 2.75) is 38.5 Å². The second-order valence-electron chi connectivity index (χ2n) is 5.50. The molecule has 6 nitrogen and oxygen atoms in total. The van der Waals surface area contributed by atoms with E-state index in [1.54, 1.807) is 51.1 Å². The molecule has 1 rings (SSSR count). The maximum Gasteiger partial charge on any atom is 0.408 e. The molecular weight excluding hydrogens is 274 g/mol. The van der Waals surface area contributed by atoms with Crippen LogP contribution < -0.4 is 5.32 Å². The van der Waals surface area contributed by atoms with Gasteiger partial charge in [-0.1, -0.05) is 30.3 Å². The minimum Gasteiger partial charge on any atom is -0.467 e. The molecule has 2 unspecified atom stereocenters. The van der Waals surface area contributed by atoms with E-state index in [2.05, 4.69) is 10.1 Å². The van der Waals surface area contributed by atoms with E-state index in [-0.39, 0.29) is 0 Å². The molecule has 0 spiro atoms. The van der Waals surface area contributed by atoms with E-state index in [4.69, 9.17) is 4.74 Å². The van der Waals surface area contributed by atoms with Gasteiger partial charge in [-0.3, -0.25) is 0 Å². The van der Waals surface area contributed by atoms with Crippen LogP contribution in [0, 0.1) is 0 Å². The van der Waals surface area contributed by atoms with Crippen LogP contribution in [-0.2, 0) is 14.3 Å². The van der Waals surface area contributed by atoms with E-state index < -0.39 is 29.8 Å². The summed E-state index contributed by atoms with van der Waals surface area (Å²) >= 11 is 0. The van der Waals surface area contributed by atoms with Crippen LogP contribution in [0.15, 0.2) is 30.3 Å². The average Bonchev–Trinajstić information content (AvgIpc) is 2.42. The van der Waals surface area contributed by atoms with Gasteiger partial charge in [0.15, 0.2) is 6.10 Å². The smallest absolute Gasteiger partial charge is 0.408 e. The molecule has 0 aliphatic rings. The lowest BCUT2D eigenvalue weighted by Crippen LogP contribution is -2.43. The topological polar surface area (TPSA) is 84.9 Å². The second-order valence-corrected chi connectivity index (χ2v) is 5.50. The van der Waals surface area contributed by atoms with Crippen molar-refractivity contribution in [2.24, 2.45) is 0 Å². The summed E-state index contributed by atoms with van der Waals surface area (Å²) in [4.78, 5) is 23.4. The molecule has 21 heavy (non-hydrogen) atoms. The van der Waals surface area contributed by atoms with Gasteiger partial charge in [0.05, 0.1) is 13.2 Å². The zero-order valence-corrected chi connectivity index (χ0v) is 12.6. The Hall–Kier alpha value is -2.08. The van der Waals surface area contributed by atoms with Gasteiger partial charge in [0.1, 0.15) is 5.60 Å². The number of carbonyl (C=O) groups is 2. The summed E-state index contributed by atoms with van der Waals surface area (Å²) in [5.74, 6) is -0.833. The first-order chi connectivity index (χ1) is 9.74. The van der Waals surface area contributed by atoms with Crippen LogP contribution in [0.3, 0.4) is 0 Å². The van der Waals surface area contributed by atoms with E-state index in [0.29, 0.717) is 5.56 Å². The molecule has 0 saturated carbocycles. The molecule has 0 aliphatic heterocycles. The largest absolute Gasteiger partial charge is 0.467 e. The highest BCUT2D eigenvalue weighted by molar-refractivity contribution is 5.77. The van der Waals surface area contributed by atoms with Crippen molar-refractivity contribution in [3.63, 3.8) is 0 Å². The number of aliphatic hydroxyl groups excluding tert-OH is 1. The zero-order valence-electron chi connectivity index (χ0n) is 12.6. The van der Waals surface area contributed by atoms with Crippen molar-refractivity contribution in [3.05, 3.63) is 35.9 Å². The fraction of sp³-hybridized carbons (Fsp3) is 0.467. The molecule has 2 N–H and O–H groups in total. The third-order valence-corrected chi connectivity index (χ3v) is 2.59. The zero-order chi connectivity index (χ0) is 16.0. The number of hydrogen-bond donors (Lipinski definition) is 2. The Morgan fingerprint density at radius 2 is 1.76 bits per heavy atom. The van der Waals surface area contributed by atoms with E-state index in [0.717, 1.165) is 0 Å². The SMILES string of the molecule is COC(=O)C(O)C(NC(=O)OC(C)(C)C)c1ccccc1. The number of benzene rings is 1. The summed E-state index contributed by atoms with van der Waals surface area (Å²) in [7, 11) is 1.17. The number of hydrogen-bond acceptors (Lipinski definition) is 5. The highest BCUT2D eigenvalue weighted by Gasteiger charge is 2.31. The number of nitrogens with one attached hydrogen (secondary N) is 1. The van der Waals surface area contributed by atoms with E-state index in [1.807, 2.05) is 0 Å². The Morgan fingerprint density at radius 1 is 1.19 bits per heavy atom. The molecule has 116 valence electrons. The number of methoxy groups -OCH3 is 1. The highest BCUT2D eigenvalue weighted by Crippen LogP contribution is 2.19. The van der Waals surface area contributed by atoms with Gasteiger partial charge in [-0.2, -0.15) is 0 Å². The third kappa shape index (κ3) is 5.43. The highest BCUT2D eigenvalue weighted by atomic mass is 16.6. The van der Waals surface area contributed by atoms with Crippen molar-refractivity contribution >= 4 is 12.1 Å². The number of ether oxygens (including phenoxy) is 2. The first-order valence-corrected chi connectivity index (χ1v) is 6.55. The predicted molar refractivity (Wildman–Crippen MR) is 76.6 cm³/mol. The molecule has 0 aromatic heterocycles. The molecular formula is C15H21NO5. The minimum absolute atomic E-state index is 0.571. The van der Waals surface area contributed by atoms with E-state index >= 15 is 0 Å². The first kappa shape index (κ1) is 17.0. The van der Waals surface area contributed by atoms with Crippen LogP contribution in [0.2, 0.25) is 0 Å². The van der Waals surface area contributed by atoms with Gasteiger partial charge >= 0.3 is 12.1 Å². The predicted octanol–water partition coefficient (Wildman–Crippen LogP) is 1.79. The monoisotopic (exact) mass is 295 g/mol. The fourth-order valence-corrected chi connectivity index (χ4v) is 1.70. The molecule has 0 radical (unpaired) electrons. The van der Waals surface area contributed by atoms with Crippen molar-refractivity contribution in [2.75, 3.05) is 7.11 Å². The second kappa shape index (κ2) is 7.08. The quantitative estimate of drug-likeness (QED) is 0.827. The van der Waals surface area contributed by atoms with Gasteiger partial charge < -0.3 is 19.9 Å². The lowest BCUT2D eigenvalue weighted by molar-refractivity contribution is -0.152. The number of esters is 1.